The topological polar surface area (TPSA) is 62.7 Å². The van der Waals surface area contributed by atoms with Crippen LogP contribution in [0.3, 0.4) is 0 Å². The van der Waals surface area contributed by atoms with E-state index in [1.165, 1.54) is 0 Å². The standard InChI is InChI=1S/C18H19Br2N3O2/c1-3-16(22-15-7-4-13(19)5-8-15)18(24)23-21-11-12-10-14(20)6-9-17(12)25-2/h4-11,16,22H,3H2,1-2H3,(H,23,24)/b21-11-/t16-/m0/s1. The van der Waals surface area contributed by atoms with Crippen LogP contribution in [0, 0.1) is 0 Å². The normalized spacial score (nSPS) is 12.0. The Morgan fingerprint density at radius 1 is 1.20 bits per heavy atom. The Hall–Kier alpha value is -1.86. The van der Waals surface area contributed by atoms with E-state index in [9.17, 15) is 4.79 Å². The quantitative estimate of drug-likeness (QED) is 0.462. The number of benzene rings is 2. The third-order valence-corrected chi connectivity index (χ3v) is 4.50. The van der Waals surface area contributed by atoms with E-state index in [2.05, 4.69) is 47.7 Å². The van der Waals surface area contributed by atoms with Gasteiger partial charge in [-0.25, -0.2) is 5.43 Å². The zero-order valence-electron chi connectivity index (χ0n) is 13.9. The summed E-state index contributed by atoms with van der Waals surface area (Å²) in [6.45, 7) is 1.94. The fraction of sp³-hybridized carbons (Fsp3) is 0.222. The molecular formula is C18H19Br2N3O2. The maximum Gasteiger partial charge on any atom is 0.262 e. The lowest BCUT2D eigenvalue weighted by Gasteiger charge is -2.16. The second-order valence-electron chi connectivity index (χ2n) is 5.23. The molecule has 2 aromatic carbocycles. The Kier molecular flexibility index (Phi) is 7.46. The molecule has 0 saturated carbocycles. The first-order valence-electron chi connectivity index (χ1n) is 7.72. The number of carbonyl (C=O) groups excluding carboxylic acids is 1. The van der Waals surface area contributed by atoms with Crippen LogP contribution in [0.4, 0.5) is 5.69 Å². The maximum absolute atomic E-state index is 12.3. The van der Waals surface area contributed by atoms with Gasteiger partial charge in [0, 0.05) is 20.2 Å². The molecule has 0 aliphatic heterocycles. The molecule has 2 rings (SSSR count). The Bertz CT molecular complexity index is 748. The van der Waals surface area contributed by atoms with Gasteiger partial charge in [0.2, 0.25) is 0 Å². The van der Waals surface area contributed by atoms with Crippen LogP contribution in [0.5, 0.6) is 5.75 Å². The van der Waals surface area contributed by atoms with Crippen LogP contribution in [0.25, 0.3) is 0 Å². The molecule has 2 aromatic rings. The van der Waals surface area contributed by atoms with Crippen molar-refractivity contribution in [1.82, 2.24) is 5.43 Å². The summed E-state index contributed by atoms with van der Waals surface area (Å²) < 4.78 is 7.17. The van der Waals surface area contributed by atoms with Crippen LogP contribution in [-0.4, -0.2) is 25.3 Å². The summed E-state index contributed by atoms with van der Waals surface area (Å²) in [4.78, 5) is 12.3. The summed E-state index contributed by atoms with van der Waals surface area (Å²) in [7, 11) is 1.59. The molecule has 132 valence electrons. The molecule has 1 atom stereocenters. The van der Waals surface area contributed by atoms with E-state index in [0.29, 0.717) is 12.2 Å². The van der Waals surface area contributed by atoms with Gasteiger partial charge >= 0.3 is 0 Å². The first-order valence-corrected chi connectivity index (χ1v) is 9.30. The monoisotopic (exact) mass is 467 g/mol. The summed E-state index contributed by atoms with van der Waals surface area (Å²) in [6.07, 6.45) is 2.20. The second kappa shape index (κ2) is 9.58. The third-order valence-electron chi connectivity index (χ3n) is 3.48. The summed E-state index contributed by atoms with van der Waals surface area (Å²) in [5, 5.41) is 7.24. The lowest BCUT2D eigenvalue weighted by Crippen LogP contribution is -2.36. The van der Waals surface area contributed by atoms with Crippen molar-refractivity contribution in [1.29, 1.82) is 0 Å². The van der Waals surface area contributed by atoms with Gasteiger partial charge in [0.05, 0.1) is 13.3 Å². The highest BCUT2D eigenvalue weighted by Gasteiger charge is 2.15. The Balaban J connectivity index is 2.00. The number of hydrogen-bond acceptors (Lipinski definition) is 4. The van der Waals surface area contributed by atoms with Crippen molar-refractivity contribution < 1.29 is 9.53 Å². The number of nitrogens with zero attached hydrogens (tertiary/aromatic N) is 1. The predicted octanol–water partition coefficient (Wildman–Crippen LogP) is 4.56. The molecule has 0 unspecified atom stereocenters. The number of nitrogens with one attached hydrogen (secondary N) is 2. The van der Waals surface area contributed by atoms with E-state index in [-0.39, 0.29) is 11.9 Å². The highest BCUT2D eigenvalue weighted by atomic mass is 79.9. The molecule has 0 aromatic heterocycles. The Morgan fingerprint density at radius 3 is 2.52 bits per heavy atom. The molecule has 0 aliphatic carbocycles. The van der Waals surface area contributed by atoms with Gasteiger partial charge in [-0.3, -0.25) is 4.79 Å². The Labute approximate surface area is 164 Å². The van der Waals surface area contributed by atoms with E-state index in [0.717, 1.165) is 20.2 Å². The molecule has 25 heavy (non-hydrogen) atoms. The van der Waals surface area contributed by atoms with Crippen LogP contribution in [-0.2, 0) is 4.79 Å². The van der Waals surface area contributed by atoms with E-state index >= 15 is 0 Å². The summed E-state index contributed by atoms with van der Waals surface area (Å²) >= 11 is 6.80. The van der Waals surface area contributed by atoms with Gasteiger partial charge in [0.15, 0.2) is 0 Å². The number of halogens is 2. The van der Waals surface area contributed by atoms with Gasteiger partial charge in [0.25, 0.3) is 5.91 Å². The molecule has 1 amide bonds. The number of hydrogen-bond donors (Lipinski definition) is 2. The van der Waals surface area contributed by atoms with Crippen molar-refractivity contribution in [3.05, 3.63) is 57.0 Å². The van der Waals surface area contributed by atoms with E-state index < -0.39 is 0 Å². The van der Waals surface area contributed by atoms with Crippen LogP contribution in [0.2, 0.25) is 0 Å². The lowest BCUT2D eigenvalue weighted by atomic mass is 10.2. The molecule has 0 heterocycles. The first-order chi connectivity index (χ1) is 12.0. The molecule has 0 bridgehead atoms. The zero-order valence-corrected chi connectivity index (χ0v) is 17.1. The van der Waals surface area contributed by atoms with Crippen molar-refractivity contribution in [3.8, 4) is 5.75 Å². The minimum Gasteiger partial charge on any atom is -0.496 e. The van der Waals surface area contributed by atoms with Crippen LogP contribution < -0.4 is 15.5 Å². The van der Waals surface area contributed by atoms with Crippen molar-refractivity contribution in [3.63, 3.8) is 0 Å². The molecule has 0 aliphatic rings. The number of methoxy groups -OCH3 is 1. The highest BCUT2D eigenvalue weighted by Crippen LogP contribution is 2.21. The van der Waals surface area contributed by atoms with Gasteiger partial charge < -0.3 is 10.1 Å². The zero-order chi connectivity index (χ0) is 18.2. The molecule has 5 nitrogen and oxygen atoms in total. The number of carbonyl (C=O) groups is 1. The van der Waals surface area contributed by atoms with Gasteiger partial charge in [-0.05, 0) is 48.9 Å². The van der Waals surface area contributed by atoms with Gasteiger partial charge in [-0.15, -0.1) is 0 Å². The summed E-state index contributed by atoms with van der Waals surface area (Å²) in [6, 6.07) is 12.9. The smallest absolute Gasteiger partial charge is 0.262 e. The fourth-order valence-corrected chi connectivity index (χ4v) is 2.79. The summed E-state index contributed by atoms with van der Waals surface area (Å²) in [5.74, 6) is 0.483. The molecule has 7 heteroatoms. The third kappa shape index (κ3) is 5.86. The Morgan fingerprint density at radius 2 is 1.88 bits per heavy atom. The number of amides is 1. The molecule has 0 radical (unpaired) electrons. The minimum absolute atomic E-state index is 0.198. The van der Waals surface area contributed by atoms with Crippen molar-refractivity contribution >= 4 is 49.7 Å². The number of ether oxygens (including phenoxy) is 1. The number of rotatable bonds is 7. The predicted molar refractivity (Wildman–Crippen MR) is 108 cm³/mol. The van der Waals surface area contributed by atoms with Crippen molar-refractivity contribution in [2.75, 3.05) is 12.4 Å². The average molecular weight is 469 g/mol. The van der Waals surface area contributed by atoms with Gasteiger partial charge in [0.1, 0.15) is 11.8 Å². The van der Waals surface area contributed by atoms with E-state index in [4.69, 9.17) is 4.74 Å². The van der Waals surface area contributed by atoms with Crippen LogP contribution >= 0.6 is 31.9 Å². The lowest BCUT2D eigenvalue weighted by molar-refractivity contribution is -0.121. The number of hydrazone groups is 1. The molecular weight excluding hydrogens is 450 g/mol. The van der Waals surface area contributed by atoms with Crippen LogP contribution in [0.15, 0.2) is 56.5 Å². The van der Waals surface area contributed by atoms with Crippen molar-refractivity contribution in [2.24, 2.45) is 5.10 Å². The van der Waals surface area contributed by atoms with Gasteiger partial charge in [-0.1, -0.05) is 38.8 Å². The summed E-state index contributed by atoms with van der Waals surface area (Å²) in [5.41, 5.74) is 4.22. The van der Waals surface area contributed by atoms with E-state index in [1.807, 2.05) is 49.4 Å². The first kappa shape index (κ1) is 19.5. The SMILES string of the molecule is CC[C@H](Nc1ccc(Br)cc1)C(=O)N/N=C\c1cc(Br)ccc1OC. The van der Waals surface area contributed by atoms with Crippen molar-refractivity contribution in [2.45, 2.75) is 19.4 Å². The molecule has 0 fully saturated rings. The second-order valence-corrected chi connectivity index (χ2v) is 7.06. The molecule has 2 N–H and O–H groups in total. The largest absolute Gasteiger partial charge is 0.496 e. The highest BCUT2D eigenvalue weighted by molar-refractivity contribution is 9.10. The minimum atomic E-state index is -0.372. The average Bonchev–Trinajstić information content (AvgIpc) is 2.61. The van der Waals surface area contributed by atoms with Crippen LogP contribution in [0.1, 0.15) is 18.9 Å². The van der Waals surface area contributed by atoms with Gasteiger partial charge in [-0.2, -0.15) is 5.10 Å². The molecule has 0 spiro atoms. The fourth-order valence-electron chi connectivity index (χ4n) is 2.15. The number of anilines is 1. The molecule has 0 saturated heterocycles. The van der Waals surface area contributed by atoms with E-state index in [1.54, 1.807) is 13.3 Å². The maximum atomic E-state index is 12.3.